The first kappa shape index (κ1) is 13.9. The molecule has 0 spiro atoms. The van der Waals surface area contributed by atoms with Gasteiger partial charge in [-0.3, -0.25) is 4.79 Å². The summed E-state index contributed by atoms with van der Waals surface area (Å²) in [5, 5.41) is 9.32. The highest BCUT2D eigenvalue weighted by atomic mass is 32.1. The molecule has 1 fully saturated rings. The van der Waals surface area contributed by atoms with Crippen LogP contribution >= 0.6 is 12.6 Å². The molecule has 2 atom stereocenters. The number of likely N-dealkylation sites (tertiary alicyclic amines) is 1. The number of thiol groups is 1. The summed E-state index contributed by atoms with van der Waals surface area (Å²) in [6.45, 7) is 0.343. The number of hydrogen-bond donors (Lipinski definition) is 2. The molecule has 1 saturated heterocycles. The summed E-state index contributed by atoms with van der Waals surface area (Å²) in [7, 11) is 0. The first-order valence-corrected chi connectivity index (χ1v) is 6.54. The first-order chi connectivity index (χ1) is 9.02. The third kappa shape index (κ3) is 2.89. The third-order valence-electron chi connectivity index (χ3n) is 3.21. The first-order valence-electron chi connectivity index (χ1n) is 5.91. The molecule has 0 aliphatic carbocycles. The molecule has 2 rings (SSSR count). The molecule has 6 heteroatoms. The zero-order valence-electron chi connectivity index (χ0n) is 10.1. The second-order valence-corrected chi connectivity index (χ2v) is 4.96. The van der Waals surface area contributed by atoms with Crippen molar-refractivity contribution in [3.63, 3.8) is 0 Å². The number of carboxylic acids is 1. The highest BCUT2D eigenvalue weighted by Crippen LogP contribution is 2.29. The molecule has 2 unspecified atom stereocenters. The number of aliphatic carboxylic acids is 1. The van der Waals surface area contributed by atoms with Crippen LogP contribution in [0.1, 0.15) is 18.0 Å². The number of rotatable bonds is 4. The number of benzene rings is 1. The Bertz CT molecular complexity index is 508. The molecule has 0 bridgehead atoms. The van der Waals surface area contributed by atoms with E-state index < -0.39 is 17.8 Å². The highest BCUT2D eigenvalue weighted by Gasteiger charge is 2.38. The minimum Gasteiger partial charge on any atom is -0.479 e. The number of hydrogen-bond acceptors (Lipinski definition) is 3. The molecule has 0 aromatic heterocycles. The standard InChI is InChI=1S/C13H14FNO3S/c14-10-3-1-2-9(5-10)12(13(17)18)15-6-8(7-19)4-11(15)16/h1-3,5,8,12,19H,4,6-7H2,(H,17,18). The average molecular weight is 283 g/mol. The van der Waals surface area contributed by atoms with Gasteiger partial charge in [-0.05, 0) is 29.4 Å². The van der Waals surface area contributed by atoms with Crippen molar-refractivity contribution in [1.82, 2.24) is 4.90 Å². The lowest BCUT2D eigenvalue weighted by Crippen LogP contribution is -2.35. The van der Waals surface area contributed by atoms with Crippen LogP contribution < -0.4 is 0 Å². The van der Waals surface area contributed by atoms with Crippen LogP contribution in [0.2, 0.25) is 0 Å². The van der Waals surface area contributed by atoms with E-state index in [-0.39, 0.29) is 17.4 Å². The largest absolute Gasteiger partial charge is 0.479 e. The van der Waals surface area contributed by atoms with E-state index in [1.165, 1.54) is 23.1 Å². The van der Waals surface area contributed by atoms with E-state index in [4.69, 9.17) is 0 Å². The molecule has 4 nitrogen and oxygen atoms in total. The molecule has 1 amide bonds. The van der Waals surface area contributed by atoms with Crippen LogP contribution in [-0.4, -0.2) is 34.2 Å². The van der Waals surface area contributed by atoms with Crippen LogP contribution in [0.4, 0.5) is 4.39 Å². The number of carbonyl (C=O) groups excluding carboxylic acids is 1. The van der Waals surface area contributed by atoms with Gasteiger partial charge in [-0.15, -0.1) is 0 Å². The summed E-state index contributed by atoms with van der Waals surface area (Å²) in [5.41, 5.74) is 0.278. The molecule has 0 saturated carbocycles. The van der Waals surface area contributed by atoms with Crippen LogP contribution in [-0.2, 0) is 9.59 Å². The Kier molecular flexibility index (Phi) is 4.09. The third-order valence-corrected chi connectivity index (χ3v) is 3.72. The molecule has 1 aromatic carbocycles. The number of nitrogens with zero attached hydrogens (tertiary/aromatic N) is 1. The highest BCUT2D eigenvalue weighted by molar-refractivity contribution is 7.80. The Balaban J connectivity index is 2.31. The maximum Gasteiger partial charge on any atom is 0.331 e. The predicted molar refractivity (Wildman–Crippen MR) is 70.4 cm³/mol. The second-order valence-electron chi connectivity index (χ2n) is 4.59. The Morgan fingerprint density at radius 2 is 2.32 bits per heavy atom. The van der Waals surface area contributed by atoms with Gasteiger partial charge in [0.15, 0.2) is 6.04 Å². The smallest absolute Gasteiger partial charge is 0.331 e. The maximum atomic E-state index is 13.2. The predicted octanol–water partition coefficient (Wildman–Crippen LogP) is 1.73. The topological polar surface area (TPSA) is 57.6 Å². The lowest BCUT2D eigenvalue weighted by molar-refractivity contribution is -0.148. The number of amides is 1. The number of halogens is 1. The monoisotopic (exact) mass is 283 g/mol. The van der Waals surface area contributed by atoms with Gasteiger partial charge in [-0.2, -0.15) is 12.6 Å². The van der Waals surface area contributed by atoms with Gasteiger partial charge in [0.1, 0.15) is 5.82 Å². The van der Waals surface area contributed by atoms with E-state index in [9.17, 15) is 19.1 Å². The summed E-state index contributed by atoms with van der Waals surface area (Å²) >= 11 is 4.13. The molecule has 1 heterocycles. The van der Waals surface area contributed by atoms with Crippen molar-refractivity contribution < 1.29 is 19.1 Å². The molecule has 1 N–H and O–H groups in total. The van der Waals surface area contributed by atoms with E-state index in [1.807, 2.05) is 0 Å². The van der Waals surface area contributed by atoms with Crippen molar-refractivity contribution in [2.24, 2.45) is 5.92 Å². The quantitative estimate of drug-likeness (QED) is 0.827. The Morgan fingerprint density at radius 3 is 2.84 bits per heavy atom. The molecular formula is C13H14FNO3S. The SMILES string of the molecule is O=C(O)C(c1cccc(F)c1)N1CC(CS)CC1=O. The van der Waals surface area contributed by atoms with Crippen molar-refractivity contribution in [1.29, 1.82) is 0 Å². The van der Waals surface area contributed by atoms with Gasteiger partial charge in [0.05, 0.1) is 0 Å². The summed E-state index contributed by atoms with van der Waals surface area (Å²) in [6.07, 6.45) is 0.294. The van der Waals surface area contributed by atoms with Crippen LogP contribution in [0.3, 0.4) is 0 Å². The fourth-order valence-corrected chi connectivity index (χ4v) is 2.56. The zero-order valence-corrected chi connectivity index (χ0v) is 11.0. The van der Waals surface area contributed by atoms with Gasteiger partial charge in [-0.1, -0.05) is 12.1 Å². The van der Waals surface area contributed by atoms with Crippen LogP contribution in [0.25, 0.3) is 0 Å². The average Bonchev–Trinajstić information content (AvgIpc) is 2.71. The maximum absolute atomic E-state index is 13.2. The van der Waals surface area contributed by atoms with Gasteiger partial charge >= 0.3 is 5.97 Å². The minimum absolute atomic E-state index is 0.0474. The van der Waals surface area contributed by atoms with Gasteiger partial charge in [0.25, 0.3) is 0 Å². The fourth-order valence-electron chi connectivity index (χ4n) is 2.31. The van der Waals surface area contributed by atoms with Crippen LogP contribution in [0.5, 0.6) is 0 Å². The summed E-state index contributed by atoms with van der Waals surface area (Å²) in [4.78, 5) is 24.6. The normalized spacial score (nSPS) is 20.6. The molecular weight excluding hydrogens is 269 g/mol. The van der Waals surface area contributed by atoms with Crippen LogP contribution in [0.15, 0.2) is 24.3 Å². The number of carbonyl (C=O) groups is 2. The zero-order chi connectivity index (χ0) is 14.0. The summed E-state index contributed by atoms with van der Waals surface area (Å²) in [6, 6.07) is 4.22. The summed E-state index contributed by atoms with van der Waals surface area (Å²) in [5.74, 6) is -1.32. The molecule has 1 aliphatic rings. The Labute approximate surface area is 115 Å². The minimum atomic E-state index is -1.15. The molecule has 1 aromatic rings. The number of carboxylic acid groups (broad SMARTS) is 1. The Morgan fingerprint density at radius 1 is 1.58 bits per heavy atom. The van der Waals surface area contributed by atoms with Crippen molar-refractivity contribution in [2.75, 3.05) is 12.3 Å². The summed E-state index contributed by atoms with van der Waals surface area (Å²) < 4.78 is 13.2. The van der Waals surface area contributed by atoms with Crippen molar-refractivity contribution >= 4 is 24.5 Å². The van der Waals surface area contributed by atoms with E-state index in [1.54, 1.807) is 0 Å². The Hall–Kier alpha value is -1.56. The van der Waals surface area contributed by atoms with Gasteiger partial charge in [-0.25, -0.2) is 9.18 Å². The van der Waals surface area contributed by atoms with E-state index in [0.29, 0.717) is 18.7 Å². The van der Waals surface area contributed by atoms with Crippen molar-refractivity contribution in [3.05, 3.63) is 35.6 Å². The van der Waals surface area contributed by atoms with E-state index in [0.717, 1.165) is 6.07 Å². The van der Waals surface area contributed by atoms with Crippen molar-refractivity contribution in [2.45, 2.75) is 12.5 Å². The lowest BCUT2D eigenvalue weighted by Gasteiger charge is -2.25. The molecule has 102 valence electrons. The molecule has 1 aliphatic heterocycles. The van der Waals surface area contributed by atoms with Gasteiger partial charge in [0, 0.05) is 13.0 Å². The van der Waals surface area contributed by atoms with E-state index >= 15 is 0 Å². The van der Waals surface area contributed by atoms with Crippen molar-refractivity contribution in [3.8, 4) is 0 Å². The fraction of sp³-hybridized carbons (Fsp3) is 0.385. The van der Waals surface area contributed by atoms with Gasteiger partial charge < -0.3 is 10.0 Å². The molecule has 0 radical (unpaired) electrons. The van der Waals surface area contributed by atoms with Crippen LogP contribution in [0, 0.1) is 11.7 Å². The lowest BCUT2D eigenvalue weighted by atomic mass is 10.1. The van der Waals surface area contributed by atoms with E-state index in [2.05, 4.69) is 12.6 Å². The van der Waals surface area contributed by atoms with Gasteiger partial charge in [0.2, 0.25) is 5.91 Å². The molecule has 19 heavy (non-hydrogen) atoms. The second kappa shape index (κ2) is 5.61.